The number of carboxylic acid groups (broad SMARTS) is 1. The van der Waals surface area contributed by atoms with Gasteiger partial charge in [0.25, 0.3) is 0 Å². The molecule has 0 aliphatic rings. The van der Waals surface area contributed by atoms with Crippen molar-refractivity contribution < 1.29 is 14.7 Å². The second kappa shape index (κ2) is 7.96. The zero-order valence-corrected chi connectivity index (χ0v) is 13.4. The Hall–Kier alpha value is -1.85. The van der Waals surface area contributed by atoms with Crippen LogP contribution in [0.15, 0.2) is 41.8 Å². The van der Waals surface area contributed by atoms with E-state index in [0.29, 0.717) is 11.4 Å². The maximum Gasteiger partial charge on any atom is 0.326 e. The number of aliphatic carboxylic acids is 1. The molecule has 116 valence electrons. The number of carbonyl (C=O) groups is 2. The van der Waals surface area contributed by atoms with E-state index < -0.39 is 12.0 Å². The zero-order valence-electron chi connectivity index (χ0n) is 11.8. The minimum atomic E-state index is -1.03. The molecule has 6 heteroatoms. The summed E-state index contributed by atoms with van der Waals surface area (Å²) in [6, 6.07) is 10.1. The lowest BCUT2D eigenvalue weighted by Crippen LogP contribution is -2.42. The Kier molecular flexibility index (Phi) is 5.98. The van der Waals surface area contributed by atoms with Crippen molar-refractivity contribution in [3.8, 4) is 0 Å². The Labute approximate surface area is 137 Å². The highest BCUT2D eigenvalue weighted by Gasteiger charge is 2.20. The lowest BCUT2D eigenvalue weighted by Gasteiger charge is -2.14. The predicted molar refractivity (Wildman–Crippen MR) is 87.4 cm³/mol. The van der Waals surface area contributed by atoms with Gasteiger partial charge in [-0.3, -0.25) is 4.79 Å². The average Bonchev–Trinajstić information content (AvgIpc) is 2.91. The van der Waals surface area contributed by atoms with Crippen molar-refractivity contribution in [3.05, 3.63) is 57.2 Å². The first-order valence-corrected chi connectivity index (χ1v) is 8.09. The molecule has 22 heavy (non-hydrogen) atoms. The molecule has 1 aromatic carbocycles. The summed E-state index contributed by atoms with van der Waals surface area (Å²) < 4.78 is 0. The minimum absolute atomic E-state index is 0.245. The van der Waals surface area contributed by atoms with Gasteiger partial charge in [-0.2, -0.15) is 0 Å². The molecule has 2 N–H and O–H groups in total. The van der Waals surface area contributed by atoms with Crippen LogP contribution in [0.1, 0.15) is 16.9 Å². The number of amides is 1. The van der Waals surface area contributed by atoms with E-state index in [0.717, 1.165) is 10.4 Å². The molecule has 0 spiro atoms. The molecule has 1 heterocycles. The number of carboxylic acids is 1. The second-order valence-corrected chi connectivity index (χ2v) is 6.31. The fourth-order valence-electron chi connectivity index (χ4n) is 2.04. The number of hydrogen-bond donors (Lipinski definition) is 2. The first kappa shape index (κ1) is 16.5. The molecule has 0 fully saturated rings. The highest BCUT2D eigenvalue weighted by molar-refractivity contribution is 7.10. The van der Waals surface area contributed by atoms with Gasteiger partial charge in [-0.1, -0.05) is 41.9 Å². The van der Waals surface area contributed by atoms with Gasteiger partial charge in [0, 0.05) is 23.1 Å². The molecule has 2 aromatic rings. The number of rotatable bonds is 7. The number of benzene rings is 1. The van der Waals surface area contributed by atoms with Gasteiger partial charge in [-0.25, -0.2) is 4.79 Å². The van der Waals surface area contributed by atoms with Crippen molar-refractivity contribution in [2.45, 2.75) is 25.3 Å². The molecular formula is C16H16ClNO3S. The highest BCUT2D eigenvalue weighted by Crippen LogP contribution is 2.20. The van der Waals surface area contributed by atoms with Gasteiger partial charge < -0.3 is 10.4 Å². The first-order valence-electron chi connectivity index (χ1n) is 6.83. The van der Waals surface area contributed by atoms with Crippen molar-refractivity contribution in [2.24, 2.45) is 0 Å². The summed E-state index contributed by atoms with van der Waals surface area (Å²) in [7, 11) is 0. The normalized spacial score (nSPS) is 11.9. The molecule has 1 atom stereocenters. The second-order valence-electron chi connectivity index (χ2n) is 4.88. The van der Waals surface area contributed by atoms with E-state index in [1.165, 1.54) is 11.3 Å². The van der Waals surface area contributed by atoms with Crippen LogP contribution in [0.5, 0.6) is 0 Å². The quantitative estimate of drug-likeness (QED) is 0.815. The van der Waals surface area contributed by atoms with Gasteiger partial charge in [-0.15, -0.1) is 11.3 Å². The lowest BCUT2D eigenvalue weighted by atomic mass is 10.1. The van der Waals surface area contributed by atoms with Crippen LogP contribution in [0.3, 0.4) is 0 Å². The monoisotopic (exact) mass is 337 g/mol. The smallest absolute Gasteiger partial charge is 0.326 e. The summed E-state index contributed by atoms with van der Waals surface area (Å²) in [5, 5.41) is 14.3. The first-order chi connectivity index (χ1) is 10.5. The van der Waals surface area contributed by atoms with Crippen molar-refractivity contribution in [1.82, 2.24) is 5.32 Å². The van der Waals surface area contributed by atoms with E-state index in [1.54, 1.807) is 0 Å². The van der Waals surface area contributed by atoms with Gasteiger partial charge in [0.05, 0.1) is 5.02 Å². The zero-order chi connectivity index (χ0) is 15.9. The van der Waals surface area contributed by atoms with Crippen molar-refractivity contribution in [1.29, 1.82) is 0 Å². The number of hydrogen-bond acceptors (Lipinski definition) is 3. The molecule has 0 saturated heterocycles. The molecule has 0 radical (unpaired) electrons. The molecule has 4 nitrogen and oxygen atoms in total. The van der Waals surface area contributed by atoms with Crippen LogP contribution < -0.4 is 5.32 Å². The third kappa shape index (κ3) is 5.16. The minimum Gasteiger partial charge on any atom is -0.480 e. The van der Waals surface area contributed by atoms with E-state index >= 15 is 0 Å². The van der Waals surface area contributed by atoms with E-state index in [4.69, 9.17) is 11.6 Å². The third-order valence-electron chi connectivity index (χ3n) is 3.14. The van der Waals surface area contributed by atoms with Crippen LogP contribution in [0, 0.1) is 0 Å². The summed E-state index contributed by atoms with van der Waals surface area (Å²) in [5.74, 6) is -1.30. The molecule has 0 unspecified atom stereocenters. The summed E-state index contributed by atoms with van der Waals surface area (Å²) in [5.41, 5.74) is 0.875. The van der Waals surface area contributed by atoms with Crippen molar-refractivity contribution in [2.75, 3.05) is 0 Å². The van der Waals surface area contributed by atoms with Crippen molar-refractivity contribution in [3.63, 3.8) is 0 Å². The number of halogens is 1. The van der Waals surface area contributed by atoms with E-state index in [9.17, 15) is 14.7 Å². The molecule has 0 bridgehead atoms. The molecule has 0 aliphatic heterocycles. The Morgan fingerprint density at radius 2 is 2.00 bits per heavy atom. The van der Waals surface area contributed by atoms with E-state index in [-0.39, 0.29) is 18.7 Å². The number of thiophene rings is 1. The van der Waals surface area contributed by atoms with Crippen LogP contribution in [0.4, 0.5) is 0 Å². The number of nitrogens with one attached hydrogen (secondary N) is 1. The topological polar surface area (TPSA) is 66.4 Å². The van der Waals surface area contributed by atoms with Gasteiger partial charge >= 0.3 is 5.97 Å². The Bertz CT molecular complexity index is 642. The van der Waals surface area contributed by atoms with Crippen molar-refractivity contribution >= 4 is 34.8 Å². The van der Waals surface area contributed by atoms with Crippen LogP contribution >= 0.6 is 22.9 Å². The van der Waals surface area contributed by atoms with Gasteiger partial charge in [0.2, 0.25) is 5.91 Å². The van der Waals surface area contributed by atoms with Crippen LogP contribution in [0.25, 0.3) is 0 Å². The maximum atomic E-state index is 11.9. The Morgan fingerprint density at radius 1 is 1.27 bits per heavy atom. The summed E-state index contributed by atoms with van der Waals surface area (Å²) >= 11 is 7.32. The molecule has 0 aliphatic carbocycles. The summed E-state index contributed by atoms with van der Waals surface area (Å²) in [6.07, 6.45) is 1.07. The van der Waals surface area contributed by atoms with Crippen LogP contribution in [-0.2, 0) is 22.4 Å². The van der Waals surface area contributed by atoms with E-state index in [1.807, 2.05) is 41.8 Å². The number of aryl methyl sites for hydroxylation is 1. The average molecular weight is 338 g/mol. The number of carbonyl (C=O) groups excluding carboxylic acids is 1. The van der Waals surface area contributed by atoms with Crippen LogP contribution in [0.2, 0.25) is 5.02 Å². The van der Waals surface area contributed by atoms with Gasteiger partial charge in [0.1, 0.15) is 6.04 Å². The van der Waals surface area contributed by atoms with Gasteiger partial charge in [-0.05, 0) is 18.1 Å². The third-order valence-corrected chi connectivity index (χ3v) is 4.48. The molecule has 2 rings (SSSR count). The predicted octanol–water partition coefficient (Wildman–Crippen LogP) is 3.15. The van der Waals surface area contributed by atoms with E-state index in [2.05, 4.69) is 5.32 Å². The Morgan fingerprint density at radius 3 is 2.59 bits per heavy atom. The Balaban J connectivity index is 1.87. The fourth-order valence-corrected chi connectivity index (χ4v) is 3.11. The highest BCUT2D eigenvalue weighted by atomic mass is 35.5. The van der Waals surface area contributed by atoms with Crippen LogP contribution in [-0.4, -0.2) is 23.0 Å². The lowest BCUT2D eigenvalue weighted by molar-refractivity contribution is -0.141. The van der Waals surface area contributed by atoms with Gasteiger partial charge in [0.15, 0.2) is 0 Å². The summed E-state index contributed by atoms with van der Waals surface area (Å²) in [4.78, 5) is 24.2. The SMILES string of the molecule is O=C(CCc1cc(Cl)cs1)N[C@H](Cc1ccccc1)C(=O)O. The largest absolute Gasteiger partial charge is 0.480 e. The fraction of sp³-hybridized carbons (Fsp3) is 0.250. The molecule has 1 aromatic heterocycles. The molecular weight excluding hydrogens is 322 g/mol. The molecule has 0 saturated carbocycles. The molecule has 1 amide bonds. The maximum absolute atomic E-state index is 11.9. The standard InChI is InChI=1S/C16H16ClNO3S/c17-12-9-13(22-10-12)6-7-15(19)18-14(16(20)21)8-11-4-2-1-3-5-11/h1-5,9-10,14H,6-8H2,(H,18,19)(H,20,21)/t14-/m1/s1. The summed E-state index contributed by atoms with van der Waals surface area (Å²) in [6.45, 7) is 0.